The molecule has 7 nitrogen and oxygen atoms in total. The van der Waals surface area contributed by atoms with E-state index in [1.54, 1.807) is 23.6 Å². The number of ketones is 2. The molecule has 0 radical (unpaired) electrons. The van der Waals surface area contributed by atoms with Gasteiger partial charge >= 0.3 is 5.97 Å². The van der Waals surface area contributed by atoms with Crippen molar-refractivity contribution in [1.82, 2.24) is 4.57 Å². The number of hydrogen-bond acceptors (Lipinski definition) is 4. The second-order valence-corrected chi connectivity index (χ2v) is 7.64. The molecule has 1 aromatic heterocycles. The third-order valence-corrected chi connectivity index (χ3v) is 5.61. The average molecular weight is 440 g/mol. The molecule has 0 aliphatic carbocycles. The lowest BCUT2D eigenvalue weighted by atomic mass is 9.99. The van der Waals surface area contributed by atoms with Gasteiger partial charge in [-0.2, -0.15) is 0 Å². The van der Waals surface area contributed by atoms with Gasteiger partial charge in [-0.25, -0.2) is 4.79 Å². The monoisotopic (exact) mass is 440 g/mol. The van der Waals surface area contributed by atoms with Gasteiger partial charge in [-0.3, -0.25) is 14.4 Å². The van der Waals surface area contributed by atoms with Crippen LogP contribution in [0.4, 0.5) is 0 Å². The number of nitrogens with zero attached hydrogens (tertiary/aromatic N) is 1. The van der Waals surface area contributed by atoms with Crippen LogP contribution in [-0.2, 0) is 16.1 Å². The number of carboxylic acids is 1. The Labute approximate surface area is 189 Å². The molecular formula is C26H20N2O5. The number of nitrogens with two attached hydrogens (primary N) is 1. The van der Waals surface area contributed by atoms with Gasteiger partial charge in [0.1, 0.15) is 0 Å². The van der Waals surface area contributed by atoms with Crippen molar-refractivity contribution in [3.8, 4) is 11.1 Å². The zero-order valence-electron chi connectivity index (χ0n) is 17.7. The van der Waals surface area contributed by atoms with Crippen LogP contribution in [0.5, 0.6) is 0 Å². The summed E-state index contributed by atoms with van der Waals surface area (Å²) in [5.74, 6) is -4.97. The molecule has 0 atom stereocenters. The van der Waals surface area contributed by atoms with Crippen LogP contribution in [0.15, 0.2) is 72.8 Å². The molecule has 0 aliphatic rings. The summed E-state index contributed by atoms with van der Waals surface area (Å²) in [6.45, 7) is 1.98. The van der Waals surface area contributed by atoms with E-state index in [1.807, 2.05) is 54.6 Å². The van der Waals surface area contributed by atoms with Crippen LogP contribution in [0.25, 0.3) is 22.0 Å². The van der Waals surface area contributed by atoms with Gasteiger partial charge in [0, 0.05) is 23.2 Å². The van der Waals surface area contributed by atoms with Crippen LogP contribution >= 0.6 is 0 Å². The first-order valence-electron chi connectivity index (χ1n) is 10.2. The van der Waals surface area contributed by atoms with Crippen molar-refractivity contribution in [2.45, 2.75) is 13.5 Å². The fourth-order valence-corrected chi connectivity index (χ4v) is 4.10. The van der Waals surface area contributed by atoms with Gasteiger partial charge in [0.15, 0.2) is 0 Å². The molecule has 7 heteroatoms. The zero-order chi connectivity index (χ0) is 23.7. The van der Waals surface area contributed by atoms with E-state index in [1.165, 1.54) is 6.07 Å². The second kappa shape index (κ2) is 8.55. The quantitative estimate of drug-likeness (QED) is 0.336. The maximum absolute atomic E-state index is 12.7. The summed E-state index contributed by atoms with van der Waals surface area (Å²) in [7, 11) is 0. The first-order valence-corrected chi connectivity index (χ1v) is 10.2. The normalized spacial score (nSPS) is 10.8. The Morgan fingerprint density at radius 2 is 1.52 bits per heavy atom. The molecule has 4 aromatic rings. The summed E-state index contributed by atoms with van der Waals surface area (Å²) in [4.78, 5) is 48.2. The summed E-state index contributed by atoms with van der Waals surface area (Å²) < 4.78 is 1.79. The van der Waals surface area contributed by atoms with Gasteiger partial charge in [0.05, 0.1) is 11.1 Å². The number of amides is 1. The van der Waals surface area contributed by atoms with E-state index in [0.29, 0.717) is 17.8 Å². The number of benzene rings is 3. The lowest BCUT2D eigenvalue weighted by molar-refractivity contribution is -0.131. The number of fused-ring (bicyclic) bond motifs is 1. The summed E-state index contributed by atoms with van der Waals surface area (Å²) in [6.07, 6.45) is 0. The van der Waals surface area contributed by atoms with Crippen LogP contribution < -0.4 is 5.73 Å². The molecule has 0 unspecified atom stereocenters. The Kier molecular flexibility index (Phi) is 5.62. The first-order chi connectivity index (χ1) is 15.8. The van der Waals surface area contributed by atoms with E-state index in [2.05, 4.69) is 0 Å². The van der Waals surface area contributed by atoms with Crippen LogP contribution in [-0.4, -0.2) is 33.1 Å². The molecule has 0 fully saturated rings. The van der Waals surface area contributed by atoms with Crippen molar-refractivity contribution < 1.29 is 24.3 Å². The van der Waals surface area contributed by atoms with Crippen LogP contribution in [0, 0.1) is 6.92 Å². The number of aromatic nitrogens is 1. The third-order valence-electron chi connectivity index (χ3n) is 5.61. The maximum atomic E-state index is 12.7. The molecule has 33 heavy (non-hydrogen) atoms. The predicted molar refractivity (Wildman–Crippen MR) is 123 cm³/mol. The van der Waals surface area contributed by atoms with Crippen LogP contribution in [0.3, 0.4) is 0 Å². The highest BCUT2D eigenvalue weighted by Crippen LogP contribution is 2.31. The van der Waals surface area contributed by atoms with Crippen molar-refractivity contribution in [2.24, 2.45) is 5.73 Å². The number of carboxylic acid groups (broad SMARTS) is 1. The Morgan fingerprint density at radius 1 is 0.848 bits per heavy atom. The van der Waals surface area contributed by atoms with Gasteiger partial charge < -0.3 is 15.4 Å². The summed E-state index contributed by atoms with van der Waals surface area (Å²) in [6, 6.07) is 22.3. The van der Waals surface area contributed by atoms with Crippen LogP contribution in [0.1, 0.15) is 32.0 Å². The number of aliphatic carboxylic acids is 1. The minimum atomic E-state index is -1.65. The smallest absolute Gasteiger partial charge is 0.377 e. The molecular weight excluding hydrogens is 420 g/mol. The van der Waals surface area contributed by atoms with E-state index < -0.39 is 23.4 Å². The van der Waals surface area contributed by atoms with E-state index in [4.69, 9.17) is 5.73 Å². The summed E-state index contributed by atoms with van der Waals surface area (Å²) >= 11 is 0. The number of rotatable bonds is 7. The fourth-order valence-electron chi connectivity index (χ4n) is 4.10. The zero-order valence-corrected chi connectivity index (χ0v) is 17.7. The highest BCUT2D eigenvalue weighted by atomic mass is 16.4. The Morgan fingerprint density at radius 3 is 2.18 bits per heavy atom. The second-order valence-electron chi connectivity index (χ2n) is 7.64. The summed E-state index contributed by atoms with van der Waals surface area (Å²) in [5.41, 5.74) is 8.91. The van der Waals surface area contributed by atoms with Gasteiger partial charge in [-0.1, -0.05) is 54.6 Å². The SMILES string of the molecule is Cc1c(C(=O)C(N)=O)c2c(C(=O)C(=O)O)cccc2n1Cc1cccc(-c2ccccc2)c1. The van der Waals surface area contributed by atoms with Crippen molar-refractivity contribution in [3.63, 3.8) is 0 Å². The lowest BCUT2D eigenvalue weighted by Gasteiger charge is -2.11. The van der Waals surface area contributed by atoms with Gasteiger partial charge in [0.2, 0.25) is 0 Å². The van der Waals surface area contributed by atoms with Crippen LogP contribution in [0.2, 0.25) is 0 Å². The van der Waals surface area contributed by atoms with Gasteiger partial charge in [-0.15, -0.1) is 0 Å². The molecule has 3 N–H and O–H groups in total. The van der Waals surface area contributed by atoms with E-state index in [0.717, 1.165) is 16.7 Å². The topological polar surface area (TPSA) is 119 Å². The molecule has 0 spiro atoms. The Hall–Kier alpha value is -4.52. The maximum Gasteiger partial charge on any atom is 0.377 e. The Bertz CT molecular complexity index is 1430. The third kappa shape index (κ3) is 3.92. The van der Waals surface area contributed by atoms with E-state index in [9.17, 15) is 24.3 Å². The van der Waals surface area contributed by atoms with E-state index in [-0.39, 0.29) is 16.5 Å². The number of hydrogen-bond donors (Lipinski definition) is 2. The predicted octanol–water partition coefficient (Wildman–Crippen LogP) is 3.60. The van der Waals surface area contributed by atoms with Gasteiger partial charge in [0.25, 0.3) is 17.5 Å². The number of carbonyl (C=O) groups excluding carboxylic acids is 3. The molecule has 0 aliphatic heterocycles. The molecule has 0 saturated carbocycles. The van der Waals surface area contributed by atoms with Crippen molar-refractivity contribution in [3.05, 3.63) is 95.2 Å². The first kappa shape index (κ1) is 21.7. The van der Waals surface area contributed by atoms with E-state index >= 15 is 0 Å². The number of primary amides is 1. The molecule has 1 heterocycles. The molecule has 164 valence electrons. The molecule has 4 rings (SSSR count). The Balaban J connectivity index is 1.91. The molecule has 1 amide bonds. The molecule has 0 bridgehead atoms. The van der Waals surface area contributed by atoms with Crippen molar-refractivity contribution in [2.75, 3.05) is 0 Å². The standard InChI is InChI=1S/C26H20N2O5/c1-15-21(24(30)25(27)31)22-19(23(29)26(32)33)11-6-12-20(22)28(15)14-16-7-5-10-18(13-16)17-8-3-2-4-9-17/h2-13H,14H2,1H3,(H2,27,31)(H,32,33). The lowest BCUT2D eigenvalue weighted by Crippen LogP contribution is -2.24. The van der Waals surface area contributed by atoms with Crippen molar-refractivity contribution >= 4 is 34.3 Å². The van der Waals surface area contributed by atoms with Gasteiger partial charge in [-0.05, 0) is 41.8 Å². The molecule has 0 saturated heterocycles. The molecule has 3 aromatic carbocycles. The minimum Gasteiger partial charge on any atom is -0.475 e. The minimum absolute atomic E-state index is 0.0538. The average Bonchev–Trinajstić information content (AvgIpc) is 3.10. The fraction of sp³-hybridized carbons (Fsp3) is 0.0769. The number of Topliss-reactive ketones (excluding diaryl/α,β-unsaturated/α-hetero) is 2. The highest BCUT2D eigenvalue weighted by molar-refractivity contribution is 6.47. The van der Waals surface area contributed by atoms with Crippen molar-refractivity contribution in [1.29, 1.82) is 0 Å². The summed E-state index contributed by atoms with van der Waals surface area (Å²) in [5, 5.41) is 9.37. The number of carbonyl (C=O) groups is 4. The largest absolute Gasteiger partial charge is 0.475 e. The highest BCUT2D eigenvalue weighted by Gasteiger charge is 2.28.